The van der Waals surface area contributed by atoms with Gasteiger partial charge in [0.15, 0.2) is 0 Å². The number of carboxylic acid groups (broad SMARTS) is 1. The molecule has 2 N–H and O–H groups in total. The third kappa shape index (κ3) is 7.29. The van der Waals surface area contributed by atoms with E-state index in [-0.39, 0.29) is 18.3 Å². The average molecular weight is 432 g/mol. The minimum atomic E-state index is -3.69. The predicted molar refractivity (Wildman–Crippen MR) is 107 cm³/mol. The number of piperidine rings is 1. The third-order valence-electron chi connectivity index (χ3n) is 4.80. The Balaban J connectivity index is 2.01. The molecule has 1 fully saturated rings. The van der Waals surface area contributed by atoms with Gasteiger partial charge >= 0.3 is 6.09 Å². The number of carbonyl (C=O) groups is 2. The number of sulfonamides is 1. The van der Waals surface area contributed by atoms with Crippen molar-refractivity contribution >= 4 is 33.6 Å². The summed E-state index contributed by atoms with van der Waals surface area (Å²) in [6.45, 7) is 2.92. The van der Waals surface area contributed by atoms with E-state index in [9.17, 15) is 18.0 Å². The molecule has 0 unspecified atom stereocenters. The van der Waals surface area contributed by atoms with Crippen molar-refractivity contribution in [2.24, 2.45) is 0 Å². The van der Waals surface area contributed by atoms with Gasteiger partial charge in [-0.15, -0.1) is 0 Å². The fourth-order valence-corrected chi connectivity index (χ4v) is 4.47. The molecule has 28 heavy (non-hydrogen) atoms. The molecule has 0 atom stereocenters. The van der Waals surface area contributed by atoms with E-state index in [1.165, 1.54) is 4.90 Å². The summed E-state index contributed by atoms with van der Waals surface area (Å²) < 4.78 is 26.0. The molecule has 1 heterocycles. The molecule has 156 valence electrons. The summed E-state index contributed by atoms with van der Waals surface area (Å²) in [4.78, 5) is 25.6. The Kier molecular flexibility index (Phi) is 8.09. The summed E-state index contributed by atoms with van der Waals surface area (Å²) in [5, 5.41) is 9.77. The van der Waals surface area contributed by atoms with Crippen LogP contribution in [0.25, 0.3) is 0 Å². The first-order valence-electron chi connectivity index (χ1n) is 9.14. The van der Waals surface area contributed by atoms with Crippen LogP contribution in [0.2, 0.25) is 5.02 Å². The second kappa shape index (κ2) is 10.1. The van der Waals surface area contributed by atoms with Crippen molar-refractivity contribution in [2.45, 2.75) is 32.2 Å². The minimum Gasteiger partial charge on any atom is -0.465 e. The quantitative estimate of drug-likeness (QED) is 0.649. The second-order valence-corrected chi connectivity index (χ2v) is 9.17. The molecule has 0 radical (unpaired) electrons. The Morgan fingerprint density at radius 1 is 1.21 bits per heavy atom. The van der Waals surface area contributed by atoms with E-state index in [1.807, 2.05) is 29.0 Å². The number of hydrogen-bond acceptors (Lipinski definition) is 5. The number of nitrogens with one attached hydrogen (secondary N) is 1. The van der Waals surface area contributed by atoms with Gasteiger partial charge in [0.25, 0.3) is 0 Å². The largest absolute Gasteiger partial charge is 0.465 e. The Hall–Kier alpha value is -1.84. The summed E-state index contributed by atoms with van der Waals surface area (Å²) in [5.41, 5.74) is 1.09. The molecule has 1 aromatic carbocycles. The van der Waals surface area contributed by atoms with E-state index < -0.39 is 22.0 Å². The number of halogens is 1. The molecule has 10 heteroatoms. The molecule has 2 amide bonds. The van der Waals surface area contributed by atoms with Crippen molar-refractivity contribution < 1.29 is 23.1 Å². The highest BCUT2D eigenvalue weighted by atomic mass is 35.5. The van der Waals surface area contributed by atoms with Gasteiger partial charge in [0.05, 0.1) is 5.75 Å². The lowest BCUT2D eigenvalue weighted by atomic mass is 10.0. The van der Waals surface area contributed by atoms with Crippen LogP contribution in [0.5, 0.6) is 0 Å². The molecule has 0 spiro atoms. The summed E-state index contributed by atoms with van der Waals surface area (Å²) in [5.74, 6) is -0.797. The van der Waals surface area contributed by atoms with Gasteiger partial charge in [0, 0.05) is 44.2 Å². The van der Waals surface area contributed by atoms with Gasteiger partial charge in [-0.05, 0) is 37.0 Å². The molecule has 1 aromatic rings. The first-order chi connectivity index (χ1) is 13.2. The molecule has 1 aliphatic rings. The maximum absolute atomic E-state index is 12.0. The van der Waals surface area contributed by atoms with Gasteiger partial charge < -0.3 is 10.0 Å². The Labute approximate surface area is 170 Å². The monoisotopic (exact) mass is 431 g/mol. The average Bonchev–Trinajstić information content (AvgIpc) is 2.62. The van der Waals surface area contributed by atoms with Gasteiger partial charge in [0.2, 0.25) is 15.9 Å². The van der Waals surface area contributed by atoms with Gasteiger partial charge in [-0.2, -0.15) is 0 Å². The number of carbonyl (C=O) groups excluding carboxylic acids is 1. The van der Waals surface area contributed by atoms with E-state index in [1.54, 1.807) is 0 Å². The summed E-state index contributed by atoms with van der Waals surface area (Å²) in [7, 11) is -3.69. The van der Waals surface area contributed by atoms with Crippen LogP contribution in [0.15, 0.2) is 24.3 Å². The topological polar surface area (TPSA) is 107 Å². The van der Waals surface area contributed by atoms with Gasteiger partial charge in [-0.1, -0.05) is 23.7 Å². The van der Waals surface area contributed by atoms with Gasteiger partial charge in [-0.3, -0.25) is 14.4 Å². The SMILES string of the molecule is CC(=O)NS(=O)(=O)CCN(CCc1ccc(Cl)cc1)C1CCN(C(=O)O)CC1. The molecular weight excluding hydrogens is 406 g/mol. The zero-order chi connectivity index (χ0) is 20.7. The van der Waals surface area contributed by atoms with Crippen molar-refractivity contribution in [3.63, 3.8) is 0 Å². The maximum Gasteiger partial charge on any atom is 0.407 e. The zero-order valence-electron chi connectivity index (χ0n) is 15.8. The molecule has 2 rings (SSSR count). The van der Waals surface area contributed by atoms with E-state index in [4.69, 9.17) is 16.7 Å². The zero-order valence-corrected chi connectivity index (χ0v) is 17.4. The summed E-state index contributed by atoms with van der Waals surface area (Å²) in [6, 6.07) is 7.58. The molecular formula is C18H26ClN3O5S. The van der Waals surface area contributed by atoms with Crippen molar-refractivity contribution in [3.05, 3.63) is 34.9 Å². The normalized spacial score (nSPS) is 15.6. The van der Waals surface area contributed by atoms with Crippen LogP contribution in [-0.2, 0) is 21.2 Å². The van der Waals surface area contributed by atoms with E-state index >= 15 is 0 Å². The van der Waals surface area contributed by atoms with Crippen molar-refractivity contribution in [3.8, 4) is 0 Å². The first-order valence-corrected chi connectivity index (χ1v) is 11.2. The van der Waals surface area contributed by atoms with E-state index in [0.717, 1.165) is 18.9 Å². The maximum atomic E-state index is 12.0. The number of nitrogens with zero attached hydrogens (tertiary/aromatic N) is 2. The smallest absolute Gasteiger partial charge is 0.407 e. The molecule has 0 saturated carbocycles. The summed E-state index contributed by atoms with van der Waals surface area (Å²) >= 11 is 5.91. The standard InChI is InChI=1S/C18H26ClN3O5S/c1-14(23)20-28(26,27)13-12-21(9-6-15-2-4-16(19)5-3-15)17-7-10-22(11-8-17)18(24)25/h2-5,17H,6-13H2,1H3,(H,20,23)(H,24,25). The van der Waals surface area contributed by atoms with Crippen molar-refractivity contribution in [1.82, 2.24) is 14.5 Å². The predicted octanol–water partition coefficient (Wildman–Crippen LogP) is 1.79. The Morgan fingerprint density at radius 2 is 1.82 bits per heavy atom. The fraction of sp³-hybridized carbons (Fsp3) is 0.556. The number of amides is 2. The highest BCUT2D eigenvalue weighted by Gasteiger charge is 2.27. The first kappa shape index (κ1) is 22.4. The van der Waals surface area contributed by atoms with Crippen LogP contribution in [0.3, 0.4) is 0 Å². The number of benzene rings is 1. The van der Waals surface area contributed by atoms with Crippen LogP contribution in [-0.4, -0.2) is 73.3 Å². The highest BCUT2D eigenvalue weighted by molar-refractivity contribution is 7.90. The Bertz CT molecular complexity index is 777. The fourth-order valence-electron chi connectivity index (χ4n) is 3.33. The lowest BCUT2D eigenvalue weighted by Gasteiger charge is -2.37. The van der Waals surface area contributed by atoms with Crippen molar-refractivity contribution in [2.75, 3.05) is 31.9 Å². The number of hydrogen-bond donors (Lipinski definition) is 2. The van der Waals surface area contributed by atoms with E-state index in [0.29, 0.717) is 37.5 Å². The molecule has 0 aliphatic carbocycles. The minimum absolute atomic E-state index is 0.0930. The third-order valence-corrected chi connectivity index (χ3v) is 6.37. The number of likely N-dealkylation sites (tertiary alicyclic amines) is 1. The molecule has 1 saturated heterocycles. The lowest BCUT2D eigenvalue weighted by molar-refractivity contribution is -0.117. The van der Waals surface area contributed by atoms with Crippen LogP contribution in [0.1, 0.15) is 25.3 Å². The second-order valence-electron chi connectivity index (χ2n) is 6.89. The van der Waals surface area contributed by atoms with Gasteiger partial charge in [0.1, 0.15) is 0 Å². The van der Waals surface area contributed by atoms with E-state index in [2.05, 4.69) is 4.90 Å². The lowest BCUT2D eigenvalue weighted by Crippen LogP contribution is -2.48. The van der Waals surface area contributed by atoms with Crippen molar-refractivity contribution in [1.29, 1.82) is 0 Å². The Morgan fingerprint density at radius 3 is 2.36 bits per heavy atom. The van der Waals surface area contributed by atoms with Crippen LogP contribution in [0.4, 0.5) is 4.79 Å². The number of rotatable bonds is 8. The van der Waals surface area contributed by atoms with Crippen LogP contribution in [0, 0.1) is 0 Å². The summed E-state index contributed by atoms with van der Waals surface area (Å²) in [6.07, 6.45) is 1.08. The van der Waals surface area contributed by atoms with Crippen LogP contribution >= 0.6 is 11.6 Å². The van der Waals surface area contributed by atoms with Gasteiger partial charge in [-0.25, -0.2) is 13.2 Å². The molecule has 8 nitrogen and oxygen atoms in total. The highest BCUT2D eigenvalue weighted by Crippen LogP contribution is 2.18. The molecule has 0 bridgehead atoms. The molecule has 1 aliphatic heterocycles. The molecule has 0 aromatic heterocycles. The van der Waals surface area contributed by atoms with Crippen LogP contribution < -0.4 is 4.72 Å².